The molecule has 32 heavy (non-hydrogen) atoms. The number of carbonyl (C=O) groups excluding carboxylic acids is 1. The molecule has 0 spiro atoms. The van der Waals surface area contributed by atoms with E-state index in [0.29, 0.717) is 16.9 Å². The topological polar surface area (TPSA) is 106 Å². The number of primary amides is 1. The van der Waals surface area contributed by atoms with Crippen LogP contribution in [0.15, 0.2) is 77.2 Å². The van der Waals surface area contributed by atoms with Gasteiger partial charge in [-0.3, -0.25) is 4.79 Å². The average Bonchev–Trinajstić information content (AvgIpc) is 3.15. The number of nitrogens with two attached hydrogens (primary N) is 1. The van der Waals surface area contributed by atoms with Crippen molar-refractivity contribution in [1.29, 1.82) is 0 Å². The van der Waals surface area contributed by atoms with Gasteiger partial charge in [-0.1, -0.05) is 54.6 Å². The van der Waals surface area contributed by atoms with Gasteiger partial charge in [0.15, 0.2) is 0 Å². The lowest BCUT2D eigenvalue weighted by Crippen LogP contribution is -2.50. The zero-order valence-electron chi connectivity index (χ0n) is 17.3. The molecular formula is C26H22N2O4. The molecule has 4 aromatic rings. The Labute approximate surface area is 184 Å². The number of fused-ring (bicyclic) bond motifs is 1. The fourth-order valence-electron chi connectivity index (χ4n) is 4.51. The molecule has 0 aliphatic heterocycles. The number of rotatable bonds is 5. The quantitative estimate of drug-likeness (QED) is 0.391. The van der Waals surface area contributed by atoms with Crippen molar-refractivity contribution in [2.45, 2.75) is 24.8 Å². The number of hydrogen-bond donors (Lipinski definition) is 3. The lowest BCUT2D eigenvalue weighted by atomic mass is 9.72. The van der Waals surface area contributed by atoms with Crippen LogP contribution in [0.4, 0.5) is 4.79 Å². The van der Waals surface area contributed by atoms with E-state index in [4.69, 9.17) is 10.2 Å². The van der Waals surface area contributed by atoms with Crippen LogP contribution in [0, 0.1) is 0 Å². The van der Waals surface area contributed by atoms with E-state index < -0.39 is 17.5 Å². The van der Waals surface area contributed by atoms with Crippen molar-refractivity contribution in [2.24, 2.45) is 5.73 Å². The first-order valence-electron chi connectivity index (χ1n) is 10.5. The fraction of sp³-hybridized carbons (Fsp3) is 0.154. The molecule has 1 saturated carbocycles. The molecule has 1 aromatic heterocycles. The molecule has 1 aliphatic rings. The van der Waals surface area contributed by atoms with Crippen LogP contribution < -0.4 is 11.1 Å². The molecule has 2 amide bonds. The normalized spacial score (nSPS) is 14.6. The summed E-state index contributed by atoms with van der Waals surface area (Å²) in [5, 5.41) is 12.8. The molecule has 0 unspecified atom stereocenters. The van der Waals surface area contributed by atoms with Crippen LogP contribution in [0.1, 0.15) is 35.2 Å². The lowest BCUT2D eigenvalue weighted by Gasteiger charge is -2.42. The van der Waals surface area contributed by atoms with E-state index in [1.807, 2.05) is 60.7 Å². The molecule has 0 radical (unpaired) electrons. The summed E-state index contributed by atoms with van der Waals surface area (Å²) in [7, 11) is 0. The number of nitrogens with one attached hydrogen (secondary N) is 1. The summed E-state index contributed by atoms with van der Waals surface area (Å²) in [4.78, 5) is 22.9. The number of carbonyl (C=O) groups is 2. The average molecular weight is 426 g/mol. The van der Waals surface area contributed by atoms with E-state index in [1.54, 1.807) is 12.1 Å². The number of hydrogen-bond acceptors (Lipinski definition) is 3. The second-order valence-electron chi connectivity index (χ2n) is 8.19. The molecule has 5 rings (SSSR count). The van der Waals surface area contributed by atoms with Gasteiger partial charge in [-0.2, -0.15) is 0 Å². The minimum atomic E-state index is -1.01. The predicted molar refractivity (Wildman–Crippen MR) is 122 cm³/mol. The van der Waals surface area contributed by atoms with Gasteiger partial charge in [0.25, 0.3) is 0 Å². The molecule has 3 aromatic carbocycles. The van der Waals surface area contributed by atoms with E-state index in [2.05, 4.69) is 5.32 Å². The third kappa shape index (κ3) is 3.30. The maximum atomic E-state index is 11.7. The Hall–Kier alpha value is -4.06. The minimum Gasteiger partial charge on any atom is -0.465 e. The van der Waals surface area contributed by atoms with Gasteiger partial charge < -0.3 is 20.6 Å². The first-order valence-corrected chi connectivity index (χ1v) is 10.5. The Morgan fingerprint density at radius 1 is 0.938 bits per heavy atom. The Balaban J connectivity index is 1.63. The third-order valence-corrected chi connectivity index (χ3v) is 6.29. The third-order valence-electron chi connectivity index (χ3n) is 6.29. The van der Waals surface area contributed by atoms with Crippen molar-refractivity contribution in [3.8, 4) is 22.5 Å². The molecule has 6 nitrogen and oxygen atoms in total. The van der Waals surface area contributed by atoms with Crippen LogP contribution in [0.25, 0.3) is 33.4 Å². The maximum Gasteiger partial charge on any atom is 0.405 e. The summed E-state index contributed by atoms with van der Waals surface area (Å²) in [6.45, 7) is 0. The standard InChI is InChI=1S/C26H22N2O4/c27-24(29)18-9-12-20-21(15-18)32-23(22(20)16-5-2-1-3-6-16)17-7-10-19(11-8-17)26(13-4-14-26)28-25(30)31/h1-3,5-12,15,28H,4,13-14H2,(H2,27,29)(H,30,31). The monoisotopic (exact) mass is 426 g/mol. The Kier molecular flexibility index (Phi) is 4.70. The van der Waals surface area contributed by atoms with Crippen molar-refractivity contribution in [3.63, 3.8) is 0 Å². The van der Waals surface area contributed by atoms with Gasteiger partial charge in [0, 0.05) is 22.1 Å². The van der Waals surface area contributed by atoms with Crippen molar-refractivity contribution in [1.82, 2.24) is 5.32 Å². The van der Waals surface area contributed by atoms with Crippen LogP contribution in [0.2, 0.25) is 0 Å². The van der Waals surface area contributed by atoms with Gasteiger partial charge >= 0.3 is 6.09 Å². The highest BCUT2D eigenvalue weighted by Gasteiger charge is 2.40. The van der Waals surface area contributed by atoms with E-state index >= 15 is 0 Å². The molecule has 6 heteroatoms. The molecule has 4 N–H and O–H groups in total. The number of carboxylic acid groups (broad SMARTS) is 1. The second kappa shape index (κ2) is 7.57. The zero-order chi connectivity index (χ0) is 22.3. The highest BCUT2D eigenvalue weighted by Crippen LogP contribution is 2.44. The Morgan fingerprint density at radius 2 is 1.66 bits per heavy atom. The zero-order valence-corrected chi connectivity index (χ0v) is 17.3. The lowest BCUT2D eigenvalue weighted by molar-refractivity contribution is 0.1000. The Bertz CT molecular complexity index is 1320. The SMILES string of the molecule is NC(=O)c1ccc2c(-c3ccccc3)c(-c3ccc(C4(NC(=O)O)CCC4)cc3)oc2c1. The van der Waals surface area contributed by atoms with E-state index in [0.717, 1.165) is 46.9 Å². The van der Waals surface area contributed by atoms with Crippen LogP contribution in [-0.4, -0.2) is 17.1 Å². The van der Waals surface area contributed by atoms with Crippen LogP contribution in [-0.2, 0) is 5.54 Å². The molecule has 1 aliphatic carbocycles. The molecule has 1 heterocycles. The summed E-state index contributed by atoms with van der Waals surface area (Å²) in [6, 6.07) is 23.0. The van der Waals surface area contributed by atoms with Crippen molar-refractivity contribution < 1.29 is 19.1 Å². The van der Waals surface area contributed by atoms with E-state index in [-0.39, 0.29) is 0 Å². The molecule has 1 fully saturated rings. The number of benzene rings is 3. The van der Waals surface area contributed by atoms with E-state index in [9.17, 15) is 14.7 Å². The van der Waals surface area contributed by atoms with Gasteiger partial charge in [0.1, 0.15) is 11.3 Å². The summed E-state index contributed by atoms with van der Waals surface area (Å²) in [5.41, 5.74) is 9.66. The summed E-state index contributed by atoms with van der Waals surface area (Å²) >= 11 is 0. The van der Waals surface area contributed by atoms with Crippen LogP contribution in [0.3, 0.4) is 0 Å². The molecular weight excluding hydrogens is 404 g/mol. The Morgan fingerprint density at radius 3 is 2.25 bits per heavy atom. The minimum absolute atomic E-state index is 0.388. The number of furan rings is 1. The summed E-state index contributed by atoms with van der Waals surface area (Å²) in [6.07, 6.45) is 1.55. The largest absolute Gasteiger partial charge is 0.465 e. The van der Waals surface area contributed by atoms with Crippen LogP contribution >= 0.6 is 0 Å². The van der Waals surface area contributed by atoms with Gasteiger partial charge in [-0.05, 0) is 48.6 Å². The van der Waals surface area contributed by atoms with Gasteiger partial charge in [0.2, 0.25) is 5.91 Å². The van der Waals surface area contributed by atoms with Crippen molar-refractivity contribution in [3.05, 3.63) is 83.9 Å². The highest BCUT2D eigenvalue weighted by molar-refractivity contribution is 6.04. The number of amides is 2. The molecule has 0 atom stereocenters. The first kappa shape index (κ1) is 19.9. The van der Waals surface area contributed by atoms with Gasteiger partial charge in [0.05, 0.1) is 5.54 Å². The molecule has 0 bridgehead atoms. The van der Waals surface area contributed by atoms with Gasteiger partial charge in [-0.25, -0.2) is 4.79 Å². The predicted octanol–water partition coefficient (Wildman–Crippen LogP) is 5.51. The maximum absolute atomic E-state index is 11.7. The van der Waals surface area contributed by atoms with Crippen molar-refractivity contribution >= 4 is 23.0 Å². The molecule has 0 saturated heterocycles. The van der Waals surface area contributed by atoms with Crippen molar-refractivity contribution in [2.75, 3.05) is 0 Å². The van der Waals surface area contributed by atoms with Crippen LogP contribution in [0.5, 0.6) is 0 Å². The smallest absolute Gasteiger partial charge is 0.405 e. The second-order valence-corrected chi connectivity index (χ2v) is 8.19. The summed E-state index contributed by atoms with van der Waals surface area (Å²) < 4.78 is 6.24. The highest BCUT2D eigenvalue weighted by atomic mass is 16.4. The fourth-order valence-corrected chi connectivity index (χ4v) is 4.51. The van der Waals surface area contributed by atoms with E-state index in [1.165, 1.54) is 0 Å². The summed E-state index contributed by atoms with van der Waals surface area (Å²) in [5.74, 6) is 0.181. The van der Waals surface area contributed by atoms with Gasteiger partial charge in [-0.15, -0.1) is 0 Å². The molecule has 160 valence electrons. The first-order chi connectivity index (χ1) is 15.5.